The molecule has 2 N–H and O–H groups in total. The van der Waals surface area contributed by atoms with Crippen LogP contribution in [0.4, 0.5) is 10.1 Å². The second-order valence-corrected chi connectivity index (χ2v) is 12.4. The summed E-state index contributed by atoms with van der Waals surface area (Å²) in [6.07, 6.45) is 1.07. The number of anilines is 1. The Morgan fingerprint density at radius 1 is 0.975 bits per heavy atom. The van der Waals surface area contributed by atoms with Crippen LogP contribution in [0.1, 0.15) is 34.5 Å². The average molecular weight is 608 g/mol. The van der Waals surface area contributed by atoms with Gasteiger partial charge in [0.25, 0.3) is 5.91 Å². The van der Waals surface area contributed by atoms with Crippen molar-refractivity contribution in [1.82, 2.24) is 15.5 Å². The fourth-order valence-electron chi connectivity index (χ4n) is 4.81. The highest BCUT2D eigenvalue weighted by molar-refractivity contribution is 7.92. The third-order valence-corrected chi connectivity index (χ3v) is 8.48. The van der Waals surface area contributed by atoms with Crippen LogP contribution in [0, 0.1) is 5.82 Å². The first-order chi connectivity index (χ1) is 18.9. The second kappa shape index (κ2) is 12.1. The average Bonchev–Trinajstić information content (AvgIpc) is 2.88. The third kappa shape index (κ3) is 6.58. The Balaban J connectivity index is 1.61. The molecule has 1 unspecified atom stereocenters. The molecule has 4 rings (SSSR count). The van der Waals surface area contributed by atoms with Gasteiger partial charge >= 0.3 is 0 Å². The van der Waals surface area contributed by atoms with Crippen molar-refractivity contribution in [1.29, 1.82) is 0 Å². The topological polar surface area (TPSA) is 98.8 Å². The van der Waals surface area contributed by atoms with E-state index in [1.54, 1.807) is 24.3 Å². The van der Waals surface area contributed by atoms with Gasteiger partial charge in [0.05, 0.1) is 29.6 Å². The molecule has 1 aliphatic rings. The predicted octanol–water partition coefficient (Wildman–Crippen LogP) is 4.24. The summed E-state index contributed by atoms with van der Waals surface area (Å²) in [4.78, 5) is 26.7. The molecular weight excluding hydrogens is 578 g/mol. The summed E-state index contributed by atoms with van der Waals surface area (Å²) in [6, 6.07) is 16.9. The van der Waals surface area contributed by atoms with Crippen LogP contribution in [-0.2, 0) is 14.8 Å². The van der Waals surface area contributed by atoms with Crippen molar-refractivity contribution in [2.45, 2.75) is 25.0 Å². The molecule has 0 aliphatic carbocycles. The van der Waals surface area contributed by atoms with E-state index in [4.69, 9.17) is 23.2 Å². The lowest BCUT2D eigenvalue weighted by molar-refractivity contribution is -0.122. The molecule has 1 atom stereocenters. The number of carbonyl (C=O) groups excluding carboxylic acids is 2. The number of rotatable bonds is 9. The maximum absolute atomic E-state index is 14.7. The summed E-state index contributed by atoms with van der Waals surface area (Å²) >= 11 is 12.2. The van der Waals surface area contributed by atoms with Gasteiger partial charge in [-0.25, -0.2) is 12.8 Å². The van der Waals surface area contributed by atoms with Gasteiger partial charge in [-0.2, -0.15) is 0 Å². The Morgan fingerprint density at radius 3 is 1.98 bits per heavy atom. The molecule has 0 saturated carbocycles. The van der Waals surface area contributed by atoms with E-state index >= 15 is 0 Å². The number of hydrogen-bond acceptors (Lipinski definition) is 5. The van der Waals surface area contributed by atoms with Crippen LogP contribution in [-0.4, -0.2) is 63.6 Å². The maximum atomic E-state index is 14.7. The first-order valence-electron chi connectivity index (χ1n) is 12.5. The summed E-state index contributed by atoms with van der Waals surface area (Å²) in [7, 11) is -2.39. The molecule has 0 spiro atoms. The molecule has 0 bridgehead atoms. The minimum absolute atomic E-state index is 0.154. The number of benzene rings is 3. The van der Waals surface area contributed by atoms with E-state index < -0.39 is 39.7 Å². The lowest BCUT2D eigenvalue weighted by Crippen LogP contribution is -2.61. The van der Waals surface area contributed by atoms with Gasteiger partial charge in [-0.15, -0.1) is 0 Å². The zero-order valence-corrected chi connectivity index (χ0v) is 24.4. The van der Waals surface area contributed by atoms with Gasteiger partial charge in [-0.3, -0.25) is 18.8 Å². The van der Waals surface area contributed by atoms with Crippen molar-refractivity contribution >= 4 is 50.7 Å². The number of halogens is 3. The van der Waals surface area contributed by atoms with Gasteiger partial charge < -0.3 is 10.6 Å². The first kappa shape index (κ1) is 29.8. The Hall–Kier alpha value is -3.18. The van der Waals surface area contributed by atoms with Crippen LogP contribution in [0.2, 0.25) is 10.0 Å². The quantitative estimate of drug-likeness (QED) is 0.380. The number of likely N-dealkylation sites (tertiary alicyclic amines) is 1. The molecule has 8 nitrogen and oxygen atoms in total. The van der Waals surface area contributed by atoms with Crippen molar-refractivity contribution in [2.75, 3.05) is 30.7 Å². The Morgan fingerprint density at radius 2 is 1.50 bits per heavy atom. The van der Waals surface area contributed by atoms with Crippen molar-refractivity contribution in [3.63, 3.8) is 0 Å². The zero-order valence-electron chi connectivity index (χ0n) is 22.1. The van der Waals surface area contributed by atoms with E-state index in [1.165, 1.54) is 30.4 Å². The van der Waals surface area contributed by atoms with Gasteiger partial charge in [-0.05, 0) is 60.5 Å². The lowest BCUT2D eigenvalue weighted by atomic mass is 9.93. The Bertz CT molecular complexity index is 1450. The highest BCUT2D eigenvalue weighted by Gasteiger charge is 2.41. The molecule has 3 aromatic carbocycles. The van der Waals surface area contributed by atoms with E-state index in [9.17, 15) is 22.4 Å². The SMILES string of the molecule is CNC(=O)C(C)NC(=O)c1cc(N(C2CN(C(c3ccc(Cl)cc3)c3ccc(Cl)cc3)C2)S(C)(=O)=O)ccc1F. The molecule has 3 aromatic rings. The summed E-state index contributed by atoms with van der Waals surface area (Å²) in [5.74, 6) is -2.11. The van der Waals surface area contributed by atoms with Gasteiger partial charge in [0, 0.05) is 30.2 Å². The summed E-state index contributed by atoms with van der Waals surface area (Å²) in [6.45, 7) is 2.20. The Kier molecular flexibility index (Phi) is 9.04. The van der Waals surface area contributed by atoms with Crippen LogP contribution in [0.5, 0.6) is 0 Å². The van der Waals surface area contributed by atoms with Crippen molar-refractivity contribution in [3.05, 3.63) is 99.3 Å². The highest BCUT2D eigenvalue weighted by atomic mass is 35.5. The van der Waals surface area contributed by atoms with E-state index in [1.807, 2.05) is 24.3 Å². The zero-order chi connectivity index (χ0) is 29.2. The second-order valence-electron chi connectivity index (χ2n) is 9.65. The molecule has 12 heteroatoms. The third-order valence-electron chi connectivity index (χ3n) is 6.75. The fourth-order valence-corrected chi connectivity index (χ4v) is 6.23. The molecule has 2 amide bonds. The largest absolute Gasteiger partial charge is 0.357 e. The summed E-state index contributed by atoms with van der Waals surface area (Å²) in [5, 5.41) is 6.04. The fraction of sp³-hybridized carbons (Fsp3) is 0.286. The van der Waals surface area contributed by atoms with E-state index in [0.29, 0.717) is 23.1 Å². The van der Waals surface area contributed by atoms with Crippen LogP contribution in [0.25, 0.3) is 0 Å². The molecule has 1 aliphatic heterocycles. The highest BCUT2D eigenvalue weighted by Crippen LogP contribution is 2.37. The molecule has 1 saturated heterocycles. The predicted molar refractivity (Wildman–Crippen MR) is 155 cm³/mol. The smallest absolute Gasteiger partial charge is 0.254 e. The van der Waals surface area contributed by atoms with Crippen LogP contribution >= 0.6 is 23.2 Å². The van der Waals surface area contributed by atoms with Gasteiger partial charge in [0.15, 0.2) is 0 Å². The standard InChI is InChI=1S/C28H29Cl2FN4O4S/c1-17(27(36)32-2)33-28(37)24-14-22(12-13-25(24)31)35(40(3,38)39)23-15-34(16-23)26(18-4-8-20(29)9-5-18)19-6-10-21(30)11-7-19/h4-14,17,23,26H,15-16H2,1-3H3,(H,32,36)(H,33,37). The molecule has 0 radical (unpaired) electrons. The van der Waals surface area contributed by atoms with Crippen LogP contribution in [0.15, 0.2) is 66.7 Å². The molecule has 40 heavy (non-hydrogen) atoms. The Labute approximate surface area is 243 Å². The number of nitrogens with zero attached hydrogens (tertiary/aromatic N) is 2. The van der Waals surface area contributed by atoms with Crippen molar-refractivity contribution in [3.8, 4) is 0 Å². The van der Waals surface area contributed by atoms with Gasteiger partial charge in [0.1, 0.15) is 11.9 Å². The summed E-state index contributed by atoms with van der Waals surface area (Å²) in [5.41, 5.74) is 1.74. The number of likely N-dealkylation sites (N-methyl/N-ethyl adjacent to an activating group) is 1. The monoisotopic (exact) mass is 606 g/mol. The normalized spacial score (nSPS) is 14.9. The van der Waals surface area contributed by atoms with E-state index in [-0.39, 0.29) is 17.3 Å². The van der Waals surface area contributed by atoms with Crippen LogP contribution < -0.4 is 14.9 Å². The summed E-state index contributed by atoms with van der Waals surface area (Å²) < 4.78 is 41.8. The number of sulfonamides is 1. The molecule has 1 heterocycles. The molecule has 1 fully saturated rings. The van der Waals surface area contributed by atoms with Crippen molar-refractivity contribution < 1.29 is 22.4 Å². The maximum Gasteiger partial charge on any atom is 0.254 e. The number of nitrogens with one attached hydrogen (secondary N) is 2. The molecule has 0 aromatic heterocycles. The van der Waals surface area contributed by atoms with Gasteiger partial charge in [-0.1, -0.05) is 47.5 Å². The number of carbonyl (C=O) groups is 2. The first-order valence-corrected chi connectivity index (χ1v) is 15.1. The molecule has 212 valence electrons. The van der Waals surface area contributed by atoms with Crippen LogP contribution in [0.3, 0.4) is 0 Å². The number of amides is 2. The number of hydrogen-bond donors (Lipinski definition) is 2. The lowest BCUT2D eigenvalue weighted by Gasteiger charge is -2.48. The minimum atomic E-state index is -3.81. The van der Waals surface area contributed by atoms with Crippen molar-refractivity contribution in [2.24, 2.45) is 0 Å². The van der Waals surface area contributed by atoms with Gasteiger partial charge in [0.2, 0.25) is 15.9 Å². The van der Waals surface area contributed by atoms with E-state index in [0.717, 1.165) is 23.4 Å². The molecular formula is C28H29Cl2FN4O4S. The van der Waals surface area contributed by atoms with E-state index in [2.05, 4.69) is 15.5 Å². The minimum Gasteiger partial charge on any atom is -0.357 e.